The Morgan fingerprint density at radius 1 is 1.22 bits per heavy atom. The van der Waals surface area contributed by atoms with Crippen LogP contribution in [-0.2, 0) is 22.4 Å². The smallest absolute Gasteiger partial charge is 0.301 e. The topological polar surface area (TPSA) is 79.7 Å². The molecule has 2 aliphatic heterocycles. The van der Waals surface area contributed by atoms with E-state index >= 15 is 0 Å². The number of anilines is 1. The van der Waals surface area contributed by atoms with Crippen molar-refractivity contribution in [3.8, 4) is 5.75 Å². The van der Waals surface area contributed by atoms with Crippen molar-refractivity contribution in [2.75, 3.05) is 4.90 Å². The predicted octanol–water partition coefficient (Wildman–Crippen LogP) is 4.66. The molecule has 3 aromatic rings. The van der Waals surface area contributed by atoms with E-state index in [9.17, 15) is 14.7 Å². The SMILES string of the molecule is CCc1ccc([C@@H]2/C(=C(\O)c3ccc4c(c3)C[C@H](C)O4)C(=O)C(=O)N2c2nccs2)cc1. The van der Waals surface area contributed by atoms with Gasteiger partial charge in [0.1, 0.15) is 17.6 Å². The summed E-state index contributed by atoms with van der Waals surface area (Å²) >= 11 is 1.28. The fourth-order valence-corrected chi connectivity index (χ4v) is 5.01. The standard InChI is InChI=1S/C25H22N2O4S/c1-3-15-4-6-16(7-5-15)21-20(23(29)24(30)27(21)25-26-10-11-32-25)22(28)17-8-9-19-18(13-17)12-14(2)31-19/h4-11,13-14,21,28H,3,12H2,1-2H3/b22-20+/t14-,21+/m0/s1. The fraction of sp³-hybridized carbons (Fsp3) is 0.240. The van der Waals surface area contributed by atoms with Crippen LogP contribution in [0.25, 0.3) is 5.76 Å². The summed E-state index contributed by atoms with van der Waals surface area (Å²) in [6.07, 6.45) is 3.27. The van der Waals surface area contributed by atoms with E-state index in [0.717, 1.165) is 35.3 Å². The molecule has 162 valence electrons. The number of aliphatic hydroxyl groups excluding tert-OH is 1. The second-order valence-electron chi connectivity index (χ2n) is 8.03. The number of nitrogens with zero attached hydrogens (tertiary/aromatic N) is 2. The number of rotatable bonds is 4. The molecule has 1 aromatic heterocycles. The monoisotopic (exact) mass is 446 g/mol. The van der Waals surface area contributed by atoms with E-state index < -0.39 is 17.7 Å². The van der Waals surface area contributed by atoms with Gasteiger partial charge >= 0.3 is 5.91 Å². The first-order valence-corrected chi connectivity index (χ1v) is 11.4. The highest BCUT2D eigenvalue weighted by atomic mass is 32.1. The highest BCUT2D eigenvalue weighted by Crippen LogP contribution is 2.43. The minimum atomic E-state index is -0.754. The van der Waals surface area contributed by atoms with Gasteiger partial charge in [-0.05, 0) is 48.2 Å². The number of benzene rings is 2. The quantitative estimate of drug-likeness (QED) is 0.358. The number of aryl methyl sites for hydroxylation is 1. The van der Waals surface area contributed by atoms with Crippen molar-refractivity contribution in [1.29, 1.82) is 0 Å². The van der Waals surface area contributed by atoms with Gasteiger partial charge in [0.2, 0.25) is 0 Å². The number of fused-ring (bicyclic) bond motifs is 1. The Balaban J connectivity index is 1.67. The Kier molecular flexibility index (Phi) is 5.06. The molecule has 2 atom stereocenters. The summed E-state index contributed by atoms with van der Waals surface area (Å²) in [5.74, 6) is -0.810. The lowest BCUT2D eigenvalue weighted by molar-refractivity contribution is -0.132. The predicted molar refractivity (Wildman–Crippen MR) is 123 cm³/mol. The molecule has 0 bridgehead atoms. The third kappa shape index (κ3) is 3.29. The number of aliphatic hydroxyl groups is 1. The lowest BCUT2D eigenvalue weighted by Crippen LogP contribution is -2.29. The van der Waals surface area contributed by atoms with E-state index in [1.807, 2.05) is 37.3 Å². The van der Waals surface area contributed by atoms with E-state index in [0.29, 0.717) is 10.7 Å². The minimum absolute atomic E-state index is 0.0648. The largest absolute Gasteiger partial charge is 0.507 e. The number of carbonyl (C=O) groups excluding carboxylic acids is 2. The van der Waals surface area contributed by atoms with Crippen molar-refractivity contribution in [3.05, 3.63) is 81.9 Å². The van der Waals surface area contributed by atoms with E-state index in [-0.39, 0.29) is 17.4 Å². The third-order valence-corrected chi connectivity index (χ3v) is 6.71. The van der Waals surface area contributed by atoms with Gasteiger partial charge in [-0.25, -0.2) is 4.98 Å². The van der Waals surface area contributed by atoms with Gasteiger partial charge in [-0.15, -0.1) is 11.3 Å². The van der Waals surface area contributed by atoms with Gasteiger partial charge in [-0.3, -0.25) is 14.5 Å². The first kappa shape index (κ1) is 20.5. The number of amides is 1. The first-order valence-electron chi connectivity index (χ1n) is 10.6. The Bertz CT molecular complexity index is 1230. The van der Waals surface area contributed by atoms with Gasteiger partial charge in [-0.2, -0.15) is 0 Å². The number of hydrogen-bond acceptors (Lipinski definition) is 6. The fourth-order valence-electron chi connectivity index (χ4n) is 4.34. The number of aromatic nitrogens is 1. The van der Waals surface area contributed by atoms with Crippen molar-refractivity contribution in [3.63, 3.8) is 0 Å². The highest BCUT2D eigenvalue weighted by Gasteiger charge is 2.48. The zero-order valence-electron chi connectivity index (χ0n) is 17.7. The van der Waals surface area contributed by atoms with Crippen molar-refractivity contribution in [2.45, 2.75) is 38.8 Å². The van der Waals surface area contributed by atoms with Gasteiger partial charge in [0.25, 0.3) is 5.78 Å². The van der Waals surface area contributed by atoms with E-state index in [4.69, 9.17) is 4.74 Å². The molecule has 1 amide bonds. The van der Waals surface area contributed by atoms with Crippen LogP contribution in [0.5, 0.6) is 5.75 Å². The molecule has 0 aliphatic carbocycles. The molecular formula is C25H22N2O4S. The molecular weight excluding hydrogens is 424 g/mol. The summed E-state index contributed by atoms with van der Waals surface area (Å²) in [6.45, 7) is 4.05. The van der Waals surface area contributed by atoms with Crippen LogP contribution >= 0.6 is 11.3 Å². The summed E-state index contributed by atoms with van der Waals surface area (Å²) in [5, 5.41) is 13.5. The lowest BCUT2D eigenvalue weighted by Gasteiger charge is -2.23. The summed E-state index contributed by atoms with van der Waals surface area (Å²) < 4.78 is 5.75. The zero-order valence-corrected chi connectivity index (χ0v) is 18.6. The molecule has 2 aromatic carbocycles. The molecule has 1 fully saturated rings. The highest BCUT2D eigenvalue weighted by molar-refractivity contribution is 7.14. The Morgan fingerprint density at radius 3 is 2.69 bits per heavy atom. The molecule has 6 nitrogen and oxygen atoms in total. The maximum Gasteiger partial charge on any atom is 0.301 e. The molecule has 7 heteroatoms. The van der Waals surface area contributed by atoms with Crippen molar-refractivity contribution in [2.24, 2.45) is 0 Å². The van der Waals surface area contributed by atoms with Crippen LogP contribution in [-0.4, -0.2) is 27.9 Å². The number of thiazole rings is 1. The molecule has 2 aliphatic rings. The molecule has 0 unspecified atom stereocenters. The third-order valence-electron chi connectivity index (χ3n) is 5.94. The van der Waals surface area contributed by atoms with Crippen LogP contribution < -0.4 is 9.64 Å². The van der Waals surface area contributed by atoms with Crippen LogP contribution in [0.1, 0.15) is 42.1 Å². The van der Waals surface area contributed by atoms with Crippen LogP contribution in [0.15, 0.2) is 59.6 Å². The normalized spacial score (nSPS) is 21.6. The average molecular weight is 447 g/mol. The number of Topliss-reactive ketones (excluding diaryl/α,β-unsaturated/α-hetero) is 1. The Morgan fingerprint density at radius 2 is 2.00 bits per heavy atom. The number of ketones is 1. The van der Waals surface area contributed by atoms with Crippen molar-refractivity contribution >= 4 is 33.9 Å². The van der Waals surface area contributed by atoms with Crippen molar-refractivity contribution < 1.29 is 19.4 Å². The first-order chi connectivity index (χ1) is 15.5. The summed E-state index contributed by atoms with van der Waals surface area (Å²) in [6, 6.07) is 12.4. The van der Waals surface area contributed by atoms with Crippen LogP contribution in [0.3, 0.4) is 0 Å². The summed E-state index contributed by atoms with van der Waals surface area (Å²) in [4.78, 5) is 31.9. The van der Waals surface area contributed by atoms with Crippen LogP contribution in [0, 0.1) is 0 Å². The van der Waals surface area contributed by atoms with Gasteiger partial charge < -0.3 is 9.84 Å². The number of carbonyl (C=O) groups is 2. The van der Waals surface area contributed by atoms with Gasteiger partial charge in [0.05, 0.1) is 11.6 Å². The zero-order chi connectivity index (χ0) is 22.4. The molecule has 0 saturated carbocycles. The van der Waals surface area contributed by atoms with Gasteiger partial charge in [-0.1, -0.05) is 31.2 Å². The molecule has 3 heterocycles. The molecule has 0 spiro atoms. The van der Waals surface area contributed by atoms with E-state index in [1.165, 1.54) is 16.2 Å². The number of hydrogen-bond donors (Lipinski definition) is 1. The lowest BCUT2D eigenvalue weighted by atomic mass is 9.94. The minimum Gasteiger partial charge on any atom is -0.507 e. The maximum absolute atomic E-state index is 13.2. The van der Waals surface area contributed by atoms with E-state index in [2.05, 4.69) is 11.9 Å². The Hall–Kier alpha value is -3.45. The molecule has 0 radical (unpaired) electrons. The summed E-state index contributed by atoms with van der Waals surface area (Å²) in [7, 11) is 0. The van der Waals surface area contributed by atoms with Crippen LogP contribution in [0.4, 0.5) is 5.13 Å². The Labute approximate surface area is 189 Å². The van der Waals surface area contributed by atoms with Crippen LogP contribution in [0.2, 0.25) is 0 Å². The molecule has 1 N–H and O–H groups in total. The second-order valence-corrected chi connectivity index (χ2v) is 8.91. The maximum atomic E-state index is 13.2. The molecule has 1 saturated heterocycles. The summed E-state index contributed by atoms with van der Waals surface area (Å²) in [5.41, 5.74) is 3.43. The number of ether oxygens (including phenoxy) is 1. The van der Waals surface area contributed by atoms with E-state index in [1.54, 1.807) is 23.7 Å². The second kappa shape index (κ2) is 7.91. The average Bonchev–Trinajstić information content (AvgIpc) is 3.51. The molecule has 5 rings (SSSR count). The van der Waals surface area contributed by atoms with Gasteiger partial charge in [0, 0.05) is 23.6 Å². The van der Waals surface area contributed by atoms with Crippen molar-refractivity contribution in [1.82, 2.24) is 4.98 Å². The van der Waals surface area contributed by atoms with Gasteiger partial charge in [0.15, 0.2) is 5.13 Å². The molecule has 32 heavy (non-hydrogen) atoms.